The number of para-hydroxylation sites is 1. The van der Waals surface area contributed by atoms with Crippen LogP contribution >= 0.6 is 46.3 Å². The SMILES string of the molecule is Clc1cccc(Cl)c1CSc1nnc(-c2cccs2)n1-c1ccccc1. The Morgan fingerprint density at radius 2 is 1.65 bits per heavy atom. The summed E-state index contributed by atoms with van der Waals surface area (Å²) in [6.45, 7) is 0. The Bertz CT molecular complexity index is 994. The normalized spacial score (nSPS) is 11.0. The quantitative estimate of drug-likeness (QED) is 0.342. The summed E-state index contributed by atoms with van der Waals surface area (Å²) in [6, 6.07) is 19.7. The van der Waals surface area contributed by atoms with Crippen LogP contribution in [0.5, 0.6) is 0 Å². The van der Waals surface area contributed by atoms with E-state index in [1.165, 1.54) is 0 Å². The van der Waals surface area contributed by atoms with Gasteiger partial charge in [-0.15, -0.1) is 21.5 Å². The van der Waals surface area contributed by atoms with Gasteiger partial charge in [0.05, 0.1) is 4.88 Å². The summed E-state index contributed by atoms with van der Waals surface area (Å²) in [6.07, 6.45) is 0. The van der Waals surface area contributed by atoms with Crippen molar-refractivity contribution in [3.8, 4) is 16.4 Å². The zero-order valence-electron chi connectivity index (χ0n) is 13.5. The van der Waals surface area contributed by atoms with Crippen molar-refractivity contribution >= 4 is 46.3 Å². The molecule has 4 rings (SSSR count). The van der Waals surface area contributed by atoms with Gasteiger partial charge in [-0.05, 0) is 41.3 Å². The standard InChI is InChI=1S/C19H13Cl2N3S2/c20-15-8-4-9-16(21)14(15)12-26-19-23-22-18(17-10-5-11-25-17)24(19)13-6-2-1-3-7-13/h1-11H,12H2. The fourth-order valence-corrected chi connectivity index (χ4v) is 4.94. The molecule has 0 radical (unpaired) electrons. The number of nitrogens with zero attached hydrogens (tertiary/aromatic N) is 3. The molecule has 0 aliphatic heterocycles. The van der Waals surface area contributed by atoms with Gasteiger partial charge in [-0.25, -0.2) is 0 Å². The molecule has 0 fully saturated rings. The molecule has 0 amide bonds. The Kier molecular flexibility index (Phi) is 5.31. The minimum absolute atomic E-state index is 0.619. The Morgan fingerprint density at radius 3 is 2.35 bits per heavy atom. The lowest BCUT2D eigenvalue weighted by Gasteiger charge is -2.10. The lowest BCUT2D eigenvalue weighted by Crippen LogP contribution is -1.99. The fraction of sp³-hybridized carbons (Fsp3) is 0.0526. The second-order valence-electron chi connectivity index (χ2n) is 5.44. The number of hydrogen-bond acceptors (Lipinski definition) is 4. The van der Waals surface area contributed by atoms with Crippen LogP contribution in [0.1, 0.15) is 5.56 Å². The summed E-state index contributed by atoms with van der Waals surface area (Å²) in [4.78, 5) is 1.07. The molecule has 0 aliphatic rings. The van der Waals surface area contributed by atoms with Crippen molar-refractivity contribution in [1.29, 1.82) is 0 Å². The highest BCUT2D eigenvalue weighted by atomic mass is 35.5. The number of hydrogen-bond donors (Lipinski definition) is 0. The van der Waals surface area contributed by atoms with E-state index in [4.69, 9.17) is 23.2 Å². The Hall–Kier alpha value is -1.79. The second-order valence-corrected chi connectivity index (χ2v) is 8.15. The second kappa shape index (κ2) is 7.84. The number of thioether (sulfide) groups is 1. The number of thiophene rings is 1. The first-order valence-corrected chi connectivity index (χ1v) is 10.5. The van der Waals surface area contributed by atoms with Crippen molar-refractivity contribution in [2.45, 2.75) is 10.9 Å². The van der Waals surface area contributed by atoms with Gasteiger partial charge < -0.3 is 0 Å². The number of rotatable bonds is 5. The Morgan fingerprint density at radius 1 is 0.885 bits per heavy atom. The van der Waals surface area contributed by atoms with Crippen LogP contribution in [-0.2, 0) is 5.75 Å². The zero-order chi connectivity index (χ0) is 17.9. The molecule has 0 saturated heterocycles. The first kappa shape index (κ1) is 17.6. The molecule has 4 aromatic rings. The lowest BCUT2D eigenvalue weighted by molar-refractivity contribution is 0.886. The maximum Gasteiger partial charge on any atom is 0.196 e. The van der Waals surface area contributed by atoms with Crippen molar-refractivity contribution in [2.75, 3.05) is 0 Å². The molecule has 0 saturated carbocycles. The van der Waals surface area contributed by atoms with Gasteiger partial charge in [-0.1, -0.05) is 65.3 Å². The highest BCUT2D eigenvalue weighted by Crippen LogP contribution is 2.34. The molecule has 0 aliphatic carbocycles. The Balaban J connectivity index is 1.73. The molecular weight excluding hydrogens is 405 g/mol. The van der Waals surface area contributed by atoms with E-state index in [9.17, 15) is 0 Å². The molecule has 0 unspecified atom stereocenters. The van der Waals surface area contributed by atoms with Crippen LogP contribution in [0.15, 0.2) is 71.2 Å². The van der Waals surface area contributed by atoms with Gasteiger partial charge in [-0.3, -0.25) is 4.57 Å². The summed E-state index contributed by atoms with van der Waals surface area (Å²) >= 11 is 15.8. The van der Waals surface area contributed by atoms with Gasteiger partial charge in [0.25, 0.3) is 0 Å². The van der Waals surface area contributed by atoms with Gasteiger partial charge in [-0.2, -0.15) is 0 Å². The van der Waals surface area contributed by atoms with Gasteiger partial charge in [0.1, 0.15) is 0 Å². The van der Waals surface area contributed by atoms with Gasteiger partial charge >= 0.3 is 0 Å². The number of halogens is 2. The number of benzene rings is 2. The van der Waals surface area contributed by atoms with Gasteiger partial charge in [0.15, 0.2) is 11.0 Å². The predicted octanol–water partition coefficient (Wildman–Crippen LogP) is 6.59. The first-order chi connectivity index (χ1) is 12.7. The van der Waals surface area contributed by atoms with Crippen LogP contribution in [0.4, 0.5) is 0 Å². The van der Waals surface area contributed by atoms with Crippen molar-refractivity contribution in [3.05, 3.63) is 81.7 Å². The van der Waals surface area contributed by atoms with Gasteiger partial charge in [0, 0.05) is 21.5 Å². The minimum Gasteiger partial charge on any atom is -0.269 e. The molecule has 0 N–H and O–H groups in total. The largest absolute Gasteiger partial charge is 0.269 e. The molecule has 0 atom stereocenters. The maximum absolute atomic E-state index is 6.30. The van der Waals surface area contributed by atoms with E-state index in [-0.39, 0.29) is 0 Å². The van der Waals surface area contributed by atoms with E-state index < -0.39 is 0 Å². The van der Waals surface area contributed by atoms with Gasteiger partial charge in [0.2, 0.25) is 0 Å². The highest BCUT2D eigenvalue weighted by molar-refractivity contribution is 7.98. The summed E-state index contributed by atoms with van der Waals surface area (Å²) in [7, 11) is 0. The highest BCUT2D eigenvalue weighted by Gasteiger charge is 2.17. The molecular formula is C19H13Cl2N3S2. The molecule has 3 nitrogen and oxygen atoms in total. The van der Waals surface area contributed by atoms with Crippen LogP contribution < -0.4 is 0 Å². The molecule has 2 aromatic heterocycles. The number of aromatic nitrogens is 3. The van der Waals surface area contributed by atoms with E-state index in [0.717, 1.165) is 27.1 Å². The first-order valence-electron chi connectivity index (χ1n) is 7.84. The average Bonchev–Trinajstić information content (AvgIpc) is 3.31. The average molecular weight is 418 g/mol. The molecule has 0 spiro atoms. The van der Waals surface area contributed by atoms with Crippen molar-refractivity contribution < 1.29 is 0 Å². The Labute approximate surface area is 169 Å². The zero-order valence-corrected chi connectivity index (χ0v) is 16.6. The molecule has 2 aromatic carbocycles. The van der Waals surface area contributed by atoms with Crippen LogP contribution in [0.3, 0.4) is 0 Å². The van der Waals surface area contributed by atoms with E-state index in [2.05, 4.69) is 14.8 Å². The summed E-state index contributed by atoms with van der Waals surface area (Å²) in [5, 5.41) is 13.0. The summed E-state index contributed by atoms with van der Waals surface area (Å²) < 4.78 is 2.07. The molecule has 2 heterocycles. The third-order valence-corrected chi connectivity index (χ3v) is 6.33. The molecule has 26 heavy (non-hydrogen) atoms. The van der Waals surface area contributed by atoms with Crippen LogP contribution in [0.25, 0.3) is 16.4 Å². The topological polar surface area (TPSA) is 30.7 Å². The van der Waals surface area contributed by atoms with Crippen molar-refractivity contribution in [1.82, 2.24) is 14.8 Å². The van der Waals surface area contributed by atoms with E-state index >= 15 is 0 Å². The smallest absolute Gasteiger partial charge is 0.196 e. The monoisotopic (exact) mass is 417 g/mol. The third kappa shape index (κ3) is 3.53. The van der Waals surface area contributed by atoms with Crippen molar-refractivity contribution in [2.24, 2.45) is 0 Å². The van der Waals surface area contributed by atoms with Crippen LogP contribution in [0.2, 0.25) is 10.0 Å². The summed E-state index contributed by atoms with van der Waals surface area (Å²) in [5.41, 5.74) is 1.93. The fourth-order valence-electron chi connectivity index (χ4n) is 2.55. The predicted molar refractivity (Wildman–Crippen MR) is 111 cm³/mol. The third-order valence-electron chi connectivity index (χ3n) is 3.80. The van der Waals surface area contributed by atoms with E-state index in [1.807, 2.05) is 66.0 Å². The molecule has 0 bridgehead atoms. The van der Waals surface area contributed by atoms with Crippen LogP contribution in [-0.4, -0.2) is 14.8 Å². The van der Waals surface area contributed by atoms with Crippen molar-refractivity contribution in [3.63, 3.8) is 0 Å². The molecule has 130 valence electrons. The lowest BCUT2D eigenvalue weighted by atomic mass is 10.2. The van der Waals surface area contributed by atoms with E-state index in [0.29, 0.717) is 15.8 Å². The molecule has 7 heteroatoms. The summed E-state index contributed by atoms with van der Waals surface area (Å²) in [5.74, 6) is 1.45. The minimum atomic E-state index is 0.619. The van der Waals surface area contributed by atoms with E-state index in [1.54, 1.807) is 23.1 Å². The van der Waals surface area contributed by atoms with Crippen LogP contribution in [0, 0.1) is 0 Å². The maximum atomic E-state index is 6.30.